The molecule has 1 heterocycles. The predicted molar refractivity (Wildman–Crippen MR) is 57.0 cm³/mol. The van der Waals surface area contributed by atoms with Crippen LogP contribution in [0.3, 0.4) is 0 Å². The SMILES string of the molecule is O=CCc1ccccc1.c1cc[nH]c1. The number of aromatic nitrogens is 1. The zero-order valence-electron chi connectivity index (χ0n) is 7.89. The Morgan fingerprint density at radius 3 is 2.07 bits per heavy atom. The van der Waals surface area contributed by atoms with E-state index in [0.717, 1.165) is 11.8 Å². The fraction of sp³-hybridized carbons (Fsp3) is 0.0833. The van der Waals surface area contributed by atoms with E-state index in [1.54, 1.807) is 0 Å². The first-order valence-corrected chi connectivity index (χ1v) is 4.49. The van der Waals surface area contributed by atoms with E-state index >= 15 is 0 Å². The largest absolute Gasteiger partial charge is 0.368 e. The van der Waals surface area contributed by atoms with Crippen molar-refractivity contribution in [3.8, 4) is 0 Å². The Bertz CT molecular complexity index is 309. The first-order chi connectivity index (χ1) is 6.93. The molecule has 1 aromatic heterocycles. The molecule has 14 heavy (non-hydrogen) atoms. The average Bonchev–Trinajstić information content (AvgIpc) is 2.78. The van der Waals surface area contributed by atoms with Gasteiger partial charge in [-0.1, -0.05) is 30.3 Å². The molecular formula is C12H13NO. The van der Waals surface area contributed by atoms with Crippen molar-refractivity contribution in [3.05, 3.63) is 60.4 Å². The van der Waals surface area contributed by atoms with E-state index in [2.05, 4.69) is 4.98 Å². The number of aromatic amines is 1. The Balaban J connectivity index is 0.000000165. The third kappa shape index (κ3) is 4.26. The van der Waals surface area contributed by atoms with Gasteiger partial charge in [0.25, 0.3) is 0 Å². The summed E-state index contributed by atoms with van der Waals surface area (Å²) in [6.45, 7) is 0. The Kier molecular flexibility index (Phi) is 4.88. The molecule has 2 nitrogen and oxygen atoms in total. The number of nitrogens with one attached hydrogen (secondary N) is 1. The monoisotopic (exact) mass is 187 g/mol. The molecule has 2 aromatic rings. The molecule has 0 saturated carbocycles. The molecule has 1 aromatic carbocycles. The summed E-state index contributed by atoms with van der Waals surface area (Å²) in [5.41, 5.74) is 1.08. The minimum atomic E-state index is 0.529. The van der Waals surface area contributed by atoms with E-state index < -0.39 is 0 Å². The summed E-state index contributed by atoms with van der Waals surface area (Å²) in [5.74, 6) is 0. The Morgan fingerprint density at radius 1 is 1.00 bits per heavy atom. The van der Waals surface area contributed by atoms with Crippen molar-refractivity contribution in [1.82, 2.24) is 4.98 Å². The van der Waals surface area contributed by atoms with E-state index in [-0.39, 0.29) is 0 Å². The molecule has 0 amide bonds. The van der Waals surface area contributed by atoms with Gasteiger partial charge in [0.05, 0.1) is 0 Å². The molecule has 1 N–H and O–H groups in total. The third-order valence-corrected chi connectivity index (χ3v) is 1.66. The van der Waals surface area contributed by atoms with Gasteiger partial charge in [-0.05, 0) is 17.7 Å². The lowest BCUT2D eigenvalue weighted by Gasteiger charge is -1.89. The van der Waals surface area contributed by atoms with Crippen LogP contribution in [-0.4, -0.2) is 11.3 Å². The maximum atomic E-state index is 9.97. The molecule has 72 valence electrons. The van der Waals surface area contributed by atoms with Gasteiger partial charge in [-0.2, -0.15) is 0 Å². The zero-order valence-corrected chi connectivity index (χ0v) is 7.89. The standard InChI is InChI=1S/C8H8O.C4H5N/c9-7-6-8-4-2-1-3-5-8;1-2-4-5-3-1/h1-5,7H,6H2;1-5H. The van der Waals surface area contributed by atoms with Crippen LogP contribution in [0.2, 0.25) is 0 Å². The minimum Gasteiger partial charge on any atom is -0.368 e. The number of hydrogen-bond acceptors (Lipinski definition) is 1. The quantitative estimate of drug-likeness (QED) is 0.720. The lowest BCUT2D eigenvalue weighted by molar-refractivity contribution is -0.107. The van der Waals surface area contributed by atoms with Crippen LogP contribution < -0.4 is 0 Å². The highest BCUT2D eigenvalue weighted by Gasteiger charge is 1.84. The van der Waals surface area contributed by atoms with Crippen LogP contribution in [0.5, 0.6) is 0 Å². The van der Waals surface area contributed by atoms with Crippen LogP contribution in [0.4, 0.5) is 0 Å². The molecule has 0 saturated heterocycles. The number of carbonyl (C=O) groups excluding carboxylic acids is 1. The smallest absolute Gasteiger partial charge is 0.124 e. The maximum absolute atomic E-state index is 9.97. The second kappa shape index (κ2) is 6.66. The second-order valence-electron chi connectivity index (χ2n) is 2.74. The average molecular weight is 187 g/mol. The van der Waals surface area contributed by atoms with Crippen molar-refractivity contribution in [3.63, 3.8) is 0 Å². The van der Waals surface area contributed by atoms with Gasteiger partial charge in [0.1, 0.15) is 6.29 Å². The first-order valence-electron chi connectivity index (χ1n) is 4.49. The summed E-state index contributed by atoms with van der Waals surface area (Å²) in [5, 5.41) is 0. The highest BCUT2D eigenvalue weighted by atomic mass is 16.1. The van der Waals surface area contributed by atoms with Crippen molar-refractivity contribution in [2.45, 2.75) is 6.42 Å². The maximum Gasteiger partial charge on any atom is 0.124 e. The summed E-state index contributed by atoms with van der Waals surface area (Å²) >= 11 is 0. The van der Waals surface area contributed by atoms with Gasteiger partial charge in [-0.25, -0.2) is 0 Å². The van der Waals surface area contributed by atoms with Gasteiger partial charge in [0.2, 0.25) is 0 Å². The van der Waals surface area contributed by atoms with Gasteiger partial charge in [-0.15, -0.1) is 0 Å². The lowest BCUT2D eigenvalue weighted by Crippen LogP contribution is -1.82. The van der Waals surface area contributed by atoms with E-state index in [4.69, 9.17) is 0 Å². The Hall–Kier alpha value is -1.83. The van der Waals surface area contributed by atoms with Gasteiger partial charge in [0.15, 0.2) is 0 Å². The van der Waals surface area contributed by atoms with E-state index in [9.17, 15) is 4.79 Å². The van der Waals surface area contributed by atoms with Crippen LogP contribution in [0.25, 0.3) is 0 Å². The van der Waals surface area contributed by atoms with Crippen molar-refractivity contribution in [1.29, 1.82) is 0 Å². The van der Waals surface area contributed by atoms with Gasteiger partial charge >= 0.3 is 0 Å². The molecule has 0 aliphatic rings. The molecule has 2 heteroatoms. The lowest BCUT2D eigenvalue weighted by atomic mass is 10.2. The van der Waals surface area contributed by atoms with Gasteiger partial charge < -0.3 is 9.78 Å². The summed E-state index contributed by atoms with van der Waals surface area (Å²) in [7, 11) is 0. The topological polar surface area (TPSA) is 32.9 Å². The van der Waals surface area contributed by atoms with E-state index in [0.29, 0.717) is 6.42 Å². The summed E-state index contributed by atoms with van der Waals surface area (Å²) in [6, 6.07) is 13.6. The molecule has 0 bridgehead atoms. The van der Waals surface area contributed by atoms with E-state index in [1.165, 1.54) is 0 Å². The van der Waals surface area contributed by atoms with Crippen molar-refractivity contribution in [2.75, 3.05) is 0 Å². The molecule has 0 radical (unpaired) electrons. The number of aldehydes is 1. The number of carbonyl (C=O) groups is 1. The summed E-state index contributed by atoms with van der Waals surface area (Å²) in [4.78, 5) is 12.8. The highest BCUT2D eigenvalue weighted by Crippen LogP contribution is 1.96. The first kappa shape index (κ1) is 10.3. The highest BCUT2D eigenvalue weighted by molar-refractivity contribution is 5.54. The molecule has 0 unspecified atom stereocenters. The van der Waals surface area contributed by atoms with Gasteiger partial charge in [-0.3, -0.25) is 0 Å². The normalized spacial score (nSPS) is 8.57. The second-order valence-corrected chi connectivity index (χ2v) is 2.74. The Morgan fingerprint density at radius 2 is 1.64 bits per heavy atom. The molecule has 0 aliphatic heterocycles. The van der Waals surface area contributed by atoms with Crippen LogP contribution in [0, 0.1) is 0 Å². The molecule has 0 aliphatic carbocycles. The zero-order chi connectivity index (χ0) is 10.1. The number of rotatable bonds is 2. The summed E-state index contributed by atoms with van der Waals surface area (Å²) in [6.07, 6.45) is 5.19. The van der Waals surface area contributed by atoms with Crippen LogP contribution >= 0.6 is 0 Å². The molecule has 2 rings (SSSR count). The van der Waals surface area contributed by atoms with Gasteiger partial charge in [0, 0.05) is 18.8 Å². The van der Waals surface area contributed by atoms with Crippen molar-refractivity contribution < 1.29 is 4.79 Å². The predicted octanol–water partition coefficient (Wildman–Crippen LogP) is 2.44. The summed E-state index contributed by atoms with van der Waals surface area (Å²) < 4.78 is 0. The van der Waals surface area contributed by atoms with Crippen LogP contribution in [-0.2, 0) is 11.2 Å². The Labute approximate surface area is 83.6 Å². The molecule has 0 spiro atoms. The third-order valence-electron chi connectivity index (χ3n) is 1.66. The van der Waals surface area contributed by atoms with Crippen LogP contribution in [0.1, 0.15) is 5.56 Å². The van der Waals surface area contributed by atoms with Crippen LogP contribution in [0.15, 0.2) is 54.9 Å². The minimum absolute atomic E-state index is 0.529. The number of hydrogen-bond donors (Lipinski definition) is 1. The van der Waals surface area contributed by atoms with Crippen molar-refractivity contribution >= 4 is 6.29 Å². The molecule has 0 atom stereocenters. The van der Waals surface area contributed by atoms with Crippen molar-refractivity contribution in [2.24, 2.45) is 0 Å². The number of H-pyrrole nitrogens is 1. The number of benzene rings is 1. The molecule has 0 fully saturated rings. The van der Waals surface area contributed by atoms with E-state index in [1.807, 2.05) is 54.9 Å². The fourth-order valence-corrected chi connectivity index (χ4v) is 0.988. The fourth-order valence-electron chi connectivity index (χ4n) is 0.988. The molecular weight excluding hydrogens is 174 g/mol.